The average Bonchev–Trinajstić information content (AvgIpc) is 3.26. The number of amidine groups is 1. The van der Waals surface area contributed by atoms with Gasteiger partial charge in [0.2, 0.25) is 0 Å². The van der Waals surface area contributed by atoms with E-state index in [0.717, 1.165) is 36.5 Å². The molecule has 2 fully saturated rings. The average molecular weight is 353 g/mol. The van der Waals surface area contributed by atoms with E-state index in [4.69, 9.17) is 9.41 Å². The summed E-state index contributed by atoms with van der Waals surface area (Å²) in [4.78, 5) is 24.4. The number of aromatic nitrogens is 1. The third kappa shape index (κ3) is 3.54. The Bertz CT molecular complexity index is 793. The van der Waals surface area contributed by atoms with Gasteiger partial charge < -0.3 is 4.42 Å². The summed E-state index contributed by atoms with van der Waals surface area (Å²) in [6.45, 7) is 0. The van der Waals surface area contributed by atoms with Crippen molar-refractivity contribution in [2.45, 2.75) is 38.1 Å². The molecule has 0 bridgehead atoms. The van der Waals surface area contributed by atoms with Gasteiger partial charge in [-0.05, 0) is 48.9 Å². The monoisotopic (exact) mass is 353 g/mol. The maximum Gasteiger partial charge on any atom is 0.267 e. The molecule has 1 saturated carbocycles. The van der Waals surface area contributed by atoms with E-state index in [1.54, 1.807) is 24.7 Å². The summed E-state index contributed by atoms with van der Waals surface area (Å²) in [5, 5.41) is 0.739. The molecule has 2 aromatic heterocycles. The zero-order valence-electron chi connectivity index (χ0n) is 13.8. The molecular formula is C19H19N3O2S. The Labute approximate surface area is 150 Å². The second-order valence-electron chi connectivity index (χ2n) is 6.20. The maximum absolute atomic E-state index is 13.0. The summed E-state index contributed by atoms with van der Waals surface area (Å²) < 4.78 is 5.37. The lowest BCUT2D eigenvalue weighted by Crippen LogP contribution is -2.40. The van der Waals surface area contributed by atoms with Crippen molar-refractivity contribution in [3.63, 3.8) is 0 Å². The van der Waals surface area contributed by atoms with Crippen LogP contribution in [0.25, 0.3) is 6.08 Å². The van der Waals surface area contributed by atoms with Crippen molar-refractivity contribution < 1.29 is 9.21 Å². The van der Waals surface area contributed by atoms with Crippen LogP contribution in [-0.2, 0) is 4.79 Å². The lowest BCUT2D eigenvalue weighted by atomic mass is 9.94. The quantitative estimate of drug-likeness (QED) is 0.756. The molecule has 25 heavy (non-hydrogen) atoms. The number of carbonyl (C=O) groups excluding carboxylic acids is 1. The molecule has 1 saturated heterocycles. The number of pyridine rings is 1. The minimum atomic E-state index is 0.0240. The molecule has 4 rings (SSSR count). The molecule has 0 radical (unpaired) electrons. The van der Waals surface area contributed by atoms with Crippen molar-refractivity contribution in [3.05, 3.63) is 53.6 Å². The summed E-state index contributed by atoms with van der Waals surface area (Å²) in [6.07, 6.45) is 12.5. The van der Waals surface area contributed by atoms with Gasteiger partial charge in [0, 0.05) is 18.3 Å². The highest BCUT2D eigenvalue weighted by Crippen LogP contribution is 2.38. The van der Waals surface area contributed by atoms with Crippen LogP contribution in [0, 0.1) is 0 Å². The van der Waals surface area contributed by atoms with Crippen LogP contribution >= 0.6 is 11.8 Å². The second kappa shape index (κ2) is 7.27. The number of furan rings is 1. The zero-order valence-corrected chi connectivity index (χ0v) is 14.6. The predicted octanol–water partition coefficient (Wildman–Crippen LogP) is 4.61. The highest BCUT2D eigenvalue weighted by atomic mass is 32.2. The van der Waals surface area contributed by atoms with E-state index in [2.05, 4.69) is 4.98 Å². The summed E-state index contributed by atoms with van der Waals surface area (Å²) in [6, 6.07) is 7.65. The topological polar surface area (TPSA) is 58.7 Å². The Morgan fingerprint density at radius 2 is 2.12 bits per heavy atom. The van der Waals surface area contributed by atoms with Crippen molar-refractivity contribution >= 4 is 34.6 Å². The van der Waals surface area contributed by atoms with E-state index < -0.39 is 0 Å². The first kappa shape index (κ1) is 16.1. The van der Waals surface area contributed by atoms with Gasteiger partial charge in [-0.1, -0.05) is 19.3 Å². The molecule has 0 atom stereocenters. The fourth-order valence-electron chi connectivity index (χ4n) is 3.26. The molecule has 1 aliphatic carbocycles. The molecule has 3 heterocycles. The van der Waals surface area contributed by atoms with Gasteiger partial charge in [-0.3, -0.25) is 14.7 Å². The molecule has 2 aromatic rings. The Balaban J connectivity index is 1.69. The normalized spacial score (nSPS) is 22.2. The van der Waals surface area contributed by atoms with E-state index >= 15 is 0 Å². The Morgan fingerprint density at radius 1 is 1.24 bits per heavy atom. The smallest absolute Gasteiger partial charge is 0.267 e. The van der Waals surface area contributed by atoms with Gasteiger partial charge in [-0.15, -0.1) is 0 Å². The number of aliphatic imine (C=N–C) groups is 1. The lowest BCUT2D eigenvalue weighted by Gasteiger charge is -2.30. The first-order valence-electron chi connectivity index (χ1n) is 8.56. The minimum absolute atomic E-state index is 0.0240. The third-order valence-electron chi connectivity index (χ3n) is 4.46. The maximum atomic E-state index is 13.0. The lowest BCUT2D eigenvalue weighted by molar-refractivity contribution is -0.124. The van der Waals surface area contributed by atoms with Crippen LogP contribution in [0.5, 0.6) is 0 Å². The van der Waals surface area contributed by atoms with Crippen molar-refractivity contribution in [1.29, 1.82) is 0 Å². The predicted molar refractivity (Wildman–Crippen MR) is 99.3 cm³/mol. The molecule has 0 spiro atoms. The van der Waals surface area contributed by atoms with Crippen molar-refractivity contribution in [1.82, 2.24) is 9.88 Å². The van der Waals surface area contributed by atoms with Crippen molar-refractivity contribution in [2.24, 2.45) is 4.99 Å². The van der Waals surface area contributed by atoms with Gasteiger partial charge in [0.1, 0.15) is 5.76 Å². The summed E-state index contributed by atoms with van der Waals surface area (Å²) >= 11 is 1.41. The van der Waals surface area contributed by atoms with Crippen LogP contribution in [0.15, 0.2) is 57.2 Å². The summed E-state index contributed by atoms with van der Waals surface area (Å²) in [5.74, 6) is 0.706. The van der Waals surface area contributed by atoms with Crippen molar-refractivity contribution in [3.8, 4) is 0 Å². The Morgan fingerprint density at radius 3 is 2.84 bits per heavy atom. The van der Waals surface area contributed by atoms with E-state index in [9.17, 15) is 4.79 Å². The molecule has 0 aromatic carbocycles. The van der Waals surface area contributed by atoms with Gasteiger partial charge in [-0.2, -0.15) is 0 Å². The number of carbonyl (C=O) groups is 1. The molecule has 1 amide bonds. The van der Waals surface area contributed by atoms with Gasteiger partial charge >= 0.3 is 0 Å². The van der Waals surface area contributed by atoms with Crippen molar-refractivity contribution in [2.75, 3.05) is 0 Å². The SMILES string of the molecule is O=C1/C(=C\c2ccco2)SC(=Nc2cccnc2)N1C1CCCCC1. The number of hydrogen-bond donors (Lipinski definition) is 0. The number of rotatable bonds is 3. The molecule has 5 nitrogen and oxygen atoms in total. The van der Waals surface area contributed by atoms with Crippen LogP contribution in [-0.4, -0.2) is 27.0 Å². The van der Waals surface area contributed by atoms with Crippen LogP contribution in [0.1, 0.15) is 37.9 Å². The largest absolute Gasteiger partial charge is 0.465 e. The molecule has 2 aliphatic rings. The Hall–Kier alpha value is -2.34. The minimum Gasteiger partial charge on any atom is -0.465 e. The second-order valence-corrected chi connectivity index (χ2v) is 7.21. The summed E-state index contributed by atoms with van der Waals surface area (Å²) in [7, 11) is 0. The fourth-order valence-corrected chi connectivity index (χ4v) is 4.30. The number of amides is 1. The number of thioether (sulfide) groups is 1. The van der Waals surface area contributed by atoms with Crippen LogP contribution < -0.4 is 0 Å². The van der Waals surface area contributed by atoms with E-state index in [1.807, 2.05) is 29.2 Å². The highest BCUT2D eigenvalue weighted by Gasteiger charge is 2.38. The molecule has 1 aliphatic heterocycles. The van der Waals surface area contributed by atoms with Gasteiger partial charge in [0.25, 0.3) is 5.91 Å². The third-order valence-corrected chi connectivity index (χ3v) is 5.45. The fraction of sp³-hybridized carbons (Fsp3) is 0.316. The van der Waals surface area contributed by atoms with Crippen LogP contribution in [0.2, 0.25) is 0 Å². The van der Waals surface area contributed by atoms with Gasteiger partial charge in [0.05, 0.1) is 23.1 Å². The molecule has 0 unspecified atom stereocenters. The number of hydrogen-bond acceptors (Lipinski definition) is 5. The van der Waals surface area contributed by atoms with Crippen LogP contribution in [0.3, 0.4) is 0 Å². The molecule has 0 N–H and O–H groups in total. The van der Waals surface area contributed by atoms with E-state index in [-0.39, 0.29) is 11.9 Å². The zero-order chi connectivity index (χ0) is 17.1. The van der Waals surface area contributed by atoms with Gasteiger partial charge in [-0.25, -0.2) is 4.99 Å². The molecule has 6 heteroatoms. The van der Waals surface area contributed by atoms with E-state index in [1.165, 1.54) is 18.2 Å². The molecule has 128 valence electrons. The van der Waals surface area contributed by atoms with E-state index in [0.29, 0.717) is 10.7 Å². The van der Waals surface area contributed by atoms with Gasteiger partial charge in [0.15, 0.2) is 5.17 Å². The Kier molecular flexibility index (Phi) is 4.70. The number of nitrogens with zero attached hydrogens (tertiary/aromatic N) is 3. The molecular weight excluding hydrogens is 334 g/mol. The standard InChI is InChI=1S/C19H19N3O2S/c23-18-17(12-16-9-5-11-24-16)25-19(21-14-6-4-10-20-13-14)22(18)15-7-2-1-3-8-15/h4-6,9-13,15H,1-3,7-8H2/b17-12+,21-19?. The first-order chi connectivity index (χ1) is 12.3. The van der Waals surface area contributed by atoms with Crippen LogP contribution in [0.4, 0.5) is 5.69 Å². The first-order valence-corrected chi connectivity index (χ1v) is 9.38. The highest BCUT2D eigenvalue weighted by molar-refractivity contribution is 8.18. The summed E-state index contributed by atoms with van der Waals surface area (Å²) in [5.41, 5.74) is 0.762.